The maximum atomic E-state index is 10.5. The molecule has 4 nitrogen and oxygen atoms in total. The van der Waals surface area contributed by atoms with Crippen molar-refractivity contribution in [1.29, 1.82) is 0 Å². The van der Waals surface area contributed by atoms with Gasteiger partial charge in [0.15, 0.2) is 0 Å². The van der Waals surface area contributed by atoms with E-state index in [4.69, 9.17) is 0 Å². The third-order valence-corrected chi connectivity index (χ3v) is 21.4. The minimum absolute atomic E-state index is 0.0357. The van der Waals surface area contributed by atoms with Crippen LogP contribution in [0.1, 0.15) is 80.0 Å². The monoisotopic (exact) mass is 1180 g/mol. The highest BCUT2D eigenvalue weighted by Crippen LogP contribution is 2.61. The van der Waals surface area contributed by atoms with E-state index in [1.165, 1.54) is 30.2 Å². The number of para-hydroxylation sites is 5. The summed E-state index contributed by atoms with van der Waals surface area (Å²) in [5.41, 5.74) is 21.2. The molecule has 4 bridgehead atoms. The van der Waals surface area contributed by atoms with E-state index in [0.717, 1.165) is 125 Å². The molecule has 6 aliphatic rings. The van der Waals surface area contributed by atoms with Crippen molar-refractivity contribution in [3.05, 3.63) is 284 Å². The molecule has 0 atom stereocenters. The van der Waals surface area contributed by atoms with Crippen LogP contribution in [0.2, 0.25) is 0 Å². The van der Waals surface area contributed by atoms with Gasteiger partial charge in [-0.05, 0) is 190 Å². The molecular formula is C86H69BN4. The summed E-state index contributed by atoms with van der Waals surface area (Å²) in [6.07, 6.45) is 6.16. The Balaban J connectivity index is 0.904. The van der Waals surface area contributed by atoms with E-state index in [-0.39, 0.29) is 70.8 Å². The predicted molar refractivity (Wildman–Crippen MR) is 384 cm³/mol. The molecule has 4 saturated carbocycles. The van der Waals surface area contributed by atoms with Crippen molar-refractivity contribution < 1.29 is 9.60 Å². The largest absolute Gasteiger partial charge is 0.311 e. The molecule has 0 N–H and O–H groups in total. The van der Waals surface area contributed by atoms with Crippen molar-refractivity contribution in [2.24, 2.45) is 17.8 Å². The van der Waals surface area contributed by atoms with Crippen LogP contribution in [0.15, 0.2) is 273 Å². The molecule has 4 heterocycles. The summed E-state index contributed by atoms with van der Waals surface area (Å²) in [6, 6.07) is 82.2. The van der Waals surface area contributed by atoms with E-state index in [0.29, 0.717) is 34.4 Å². The SMILES string of the molecule is [2H]c1c([2H])c([2H])c2c(c1[2H])c1c([2H])c(C34CC5CC(CC(C5)C3)C4)c([2H])c([2H])c1n2-c1ccc2c(c1)N(c1ccc(C(C)(C)C)cc1)c1cccc3c1B2c1ccc(-c2cccc4c5ccccc5n(-c5ccccc5)c24)cc1N3c1c(-c2ccccc2)cccc1-c1ccccc1. The Morgan fingerprint density at radius 3 is 1.69 bits per heavy atom. The van der Waals surface area contributed by atoms with Crippen molar-refractivity contribution in [3.63, 3.8) is 0 Å². The zero-order valence-electron chi connectivity index (χ0n) is 58.3. The summed E-state index contributed by atoms with van der Waals surface area (Å²) in [4.78, 5) is 4.91. The van der Waals surface area contributed by atoms with Gasteiger partial charge in [0, 0.05) is 78.0 Å². The summed E-state index contributed by atoms with van der Waals surface area (Å²) in [5, 5.41) is 2.89. The van der Waals surface area contributed by atoms with Gasteiger partial charge in [-0.2, -0.15) is 0 Å². The van der Waals surface area contributed by atoms with Crippen molar-refractivity contribution in [3.8, 4) is 44.8 Å². The molecule has 2 aliphatic heterocycles. The van der Waals surface area contributed by atoms with Gasteiger partial charge in [-0.15, -0.1) is 0 Å². The molecule has 0 unspecified atom stereocenters. The van der Waals surface area contributed by atoms with Gasteiger partial charge in [-0.25, -0.2) is 0 Å². The van der Waals surface area contributed by atoms with Crippen LogP contribution in [0.4, 0.5) is 34.1 Å². The van der Waals surface area contributed by atoms with Crippen LogP contribution >= 0.6 is 0 Å². The molecule has 0 radical (unpaired) electrons. The zero-order chi connectivity index (χ0) is 66.4. The minimum atomic E-state index is -0.428. The normalized spacial score (nSPS) is 19.8. The third kappa shape index (κ3) is 8.02. The van der Waals surface area contributed by atoms with Gasteiger partial charge in [-0.1, -0.05) is 215 Å². The molecule has 20 rings (SSSR count). The number of aromatic nitrogens is 2. The van der Waals surface area contributed by atoms with Crippen LogP contribution in [0.3, 0.4) is 0 Å². The third-order valence-electron chi connectivity index (χ3n) is 21.4. The fraction of sp³-hybridized carbons (Fsp3) is 0.163. The number of fused-ring (bicyclic) bond motifs is 10. The number of hydrogen-bond acceptors (Lipinski definition) is 2. The average Bonchev–Trinajstić information content (AvgIpc) is 1.04. The van der Waals surface area contributed by atoms with E-state index in [1.807, 2.05) is 0 Å². The van der Waals surface area contributed by atoms with Gasteiger partial charge >= 0.3 is 0 Å². The predicted octanol–water partition coefficient (Wildman–Crippen LogP) is 20.7. The Morgan fingerprint density at radius 1 is 0.418 bits per heavy atom. The first-order chi connectivity index (χ1) is 47.6. The summed E-state index contributed by atoms with van der Waals surface area (Å²) >= 11 is 0. The number of benzene rings is 12. The molecule has 436 valence electrons. The number of anilines is 6. The highest BCUT2D eigenvalue weighted by atomic mass is 15.2. The summed E-state index contributed by atoms with van der Waals surface area (Å²) in [7, 11) is 0. The van der Waals surface area contributed by atoms with Gasteiger partial charge in [-0.3, -0.25) is 0 Å². The first-order valence-electron chi connectivity index (χ1n) is 36.1. The Morgan fingerprint density at radius 2 is 0.989 bits per heavy atom. The lowest BCUT2D eigenvalue weighted by molar-refractivity contribution is -0.00512. The molecule has 0 saturated heterocycles. The van der Waals surface area contributed by atoms with E-state index in [9.17, 15) is 9.60 Å². The van der Waals surface area contributed by atoms with Gasteiger partial charge in [0.1, 0.15) is 0 Å². The maximum absolute atomic E-state index is 10.5. The van der Waals surface area contributed by atoms with E-state index >= 15 is 0 Å². The fourth-order valence-electron chi connectivity index (χ4n) is 17.9. The molecule has 2 aromatic heterocycles. The molecular weight excluding hydrogens is 1100 g/mol. The van der Waals surface area contributed by atoms with Crippen LogP contribution < -0.4 is 26.2 Å². The van der Waals surface area contributed by atoms with Crippen LogP contribution in [-0.4, -0.2) is 15.8 Å². The van der Waals surface area contributed by atoms with E-state index in [2.05, 4.69) is 266 Å². The Bertz CT molecular complexity index is 5610. The van der Waals surface area contributed by atoms with E-state index in [1.54, 1.807) is 4.57 Å². The van der Waals surface area contributed by atoms with E-state index < -0.39 is 5.41 Å². The van der Waals surface area contributed by atoms with Crippen LogP contribution in [0, 0.1) is 17.8 Å². The Kier molecular flexibility index (Phi) is 10.1. The standard InChI is InChI=1S/C86H69BN4/c1-85(2,3)61-37-40-64(41-38-61)88-78-34-19-35-79-82(78)87(74-44-42-65(51-81(74)88)89-75-32-15-14-27-70(75)72-50-62(39-45-77(72)89)86-52-55-46-56(53-86)48-57(47-55)54-86)73-43-36-60(68-30-18-31-71-69-26-13-16-33-76(69)90(84(68)71)63-24-11-6-12-25-63)49-80(73)91(79)83-66(58-20-7-4-8-21-58)28-17-29-67(83)59-22-9-5-10-23-59/h4-45,49-51,55-57H,46-48,52-54H2,1-3H3/i14D,15D,27D,32D,39D,45D,50D. The lowest BCUT2D eigenvalue weighted by Crippen LogP contribution is -2.61. The maximum Gasteiger partial charge on any atom is 0.252 e. The molecule has 14 aromatic rings. The zero-order valence-corrected chi connectivity index (χ0v) is 51.3. The smallest absolute Gasteiger partial charge is 0.252 e. The second kappa shape index (κ2) is 20.0. The van der Waals surface area contributed by atoms with Crippen LogP contribution in [0.5, 0.6) is 0 Å². The Labute approximate surface area is 543 Å². The Hall–Kier alpha value is -10.1. The highest BCUT2D eigenvalue weighted by molar-refractivity contribution is 7.00. The van der Waals surface area contributed by atoms with Crippen molar-refractivity contribution in [1.82, 2.24) is 9.13 Å². The van der Waals surface area contributed by atoms with Crippen LogP contribution in [-0.2, 0) is 10.8 Å². The van der Waals surface area contributed by atoms with Crippen molar-refractivity contribution in [2.75, 3.05) is 9.80 Å². The first-order valence-corrected chi connectivity index (χ1v) is 32.6. The van der Waals surface area contributed by atoms with Crippen LogP contribution in [0.25, 0.3) is 88.4 Å². The molecule has 4 fully saturated rings. The molecule has 4 aliphatic carbocycles. The molecule has 0 spiro atoms. The number of nitrogens with zero attached hydrogens (tertiary/aromatic N) is 4. The lowest BCUT2D eigenvalue weighted by Gasteiger charge is -2.57. The van der Waals surface area contributed by atoms with Crippen molar-refractivity contribution >= 4 is 101 Å². The molecule has 12 aromatic carbocycles. The number of hydrogen-bond donors (Lipinski definition) is 0. The van der Waals surface area contributed by atoms with Crippen molar-refractivity contribution in [2.45, 2.75) is 70.1 Å². The van der Waals surface area contributed by atoms with Gasteiger partial charge in [0.2, 0.25) is 0 Å². The summed E-state index contributed by atoms with van der Waals surface area (Å²) in [5.74, 6) is 1.54. The first kappa shape index (κ1) is 46.1. The molecule has 0 amide bonds. The van der Waals surface area contributed by atoms with Gasteiger partial charge < -0.3 is 18.9 Å². The number of rotatable bonds is 8. The molecule has 5 heteroatoms. The van der Waals surface area contributed by atoms with Gasteiger partial charge in [0.25, 0.3) is 6.71 Å². The second-order valence-electron chi connectivity index (χ2n) is 27.7. The summed E-state index contributed by atoms with van der Waals surface area (Å²) < 4.78 is 73.3. The minimum Gasteiger partial charge on any atom is -0.311 e. The molecule has 91 heavy (non-hydrogen) atoms. The second-order valence-corrected chi connectivity index (χ2v) is 27.7. The highest BCUT2D eigenvalue weighted by Gasteiger charge is 2.52. The fourth-order valence-corrected chi connectivity index (χ4v) is 17.9. The quantitative estimate of drug-likeness (QED) is 0.141. The topological polar surface area (TPSA) is 16.3 Å². The average molecular weight is 1180 g/mol. The summed E-state index contributed by atoms with van der Waals surface area (Å²) in [6.45, 7) is 6.35. The lowest BCUT2D eigenvalue weighted by atomic mass is 9.33. The van der Waals surface area contributed by atoms with Gasteiger partial charge in [0.05, 0.1) is 37.3 Å².